The van der Waals surface area contributed by atoms with Crippen LogP contribution in [0.15, 0.2) is 24.5 Å². The zero-order valence-corrected chi connectivity index (χ0v) is 12.9. The van der Waals surface area contributed by atoms with Crippen LogP contribution in [0.25, 0.3) is 0 Å². The third kappa shape index (κ3) is 4.10. The number of halogens is 2. The largest absolute Gasteiger partial charge is 0.393 e. The van der Waals surface area contributed by atoms with E-state index in [-0.39, 0.29) is 0 Å². The first-order valence-corrected chi connectivity index (χ1v) is 6.92. The standard InChI is InChI=1S/C13H15Cl2N5O/c1-21-5-4-17-12-11(16)13(19-7-18-12)20-8-2-3-9(14)10(15)6-8/h2-3,6-7H,4-5,16H2,1H3,(H2,17,18,19,20). The number of nitrogens with one attached hydrogen (secondary N) is 2. The number of ether oxygens (including phenoxy) is 1. The molecule has 0 aliphatic heterocycles. The molecule has 1 heterocycles. The molecule has 0 bridgehead atoms. The van der Waals surface area contributed by atoms with Crippen molar-refractivity contribution in [3.8, 4) is 0 Å². The van der Waals surface area contributed by atoms with Crippen LogP contribution in [0.2, 0.25) is 10.0 Å². The summed E-state index contributed by atoms with van der Waals surface area (Å²) in [6.45, 7) is 1.16. The highest BCUT2D eigenvalue weighted by Gasteiger charge is 2.08. The van der Waals surface area contributed by atoms with E-state index in [0.29, 0.717) is 40.5 Å². The number of rotatable bonds is 6. The molecule has 0 aliphatic rings. The minimum absolute atomic E-state index is 0.416. The minimum Gasteiger partial charge on any atom is -0.393 e. The molecule has 0 unspecified atom stereocenters. The molecule has 6 nitrogen and oxygen atoms in total. The molecule has 1 aromatic heterocycles. The van der Waals surface area contributed by atoms with E-state index in [1.165, 1.54) is 6.33 Å². The molecule has 2 rings (SSSR count). The maximum absolute atomic E-state index is 6.03. The van der Waals surface area contributed by atoms with E-state index in [2.05, 4.69) is 20.6 Å². The Morgan fingerprint density at radius 3 is 2.67 bits per heavy atom. The van der Waals surface area contributed by atoms with Gasteiger partial charge in [0.15, 0.2) is 11.6 Å². The monoisotopic (exact) mass is 327 g/mol. The van der Waals surface area contributed by atoms with Gasteiger partial charge in [-0.05, 0) is 18.2 Å². The fourth-order valence-corrected chi connectivity index (χ4v) is 1.92. The summed E-state index contributed by atoms with van der Waals surface area (Å²) in [5, 5.41) is 7.09. The summed E-state index contributed by atoms with van der Waals surface area (Å²) < 4.78 is 4.96. The molecule has 8 heteroatoms. The van der Waals surface area contributed by atoms with Crippen molar-refractivity contribution in [2.24, 2.45) is 0 Å². The van der Waals surface area contributed by atoms with Gasteiger partial charge >= 0.3 is 0 Å². The molecule has 0 radical (unpaired) electrons. The summed E-state index contributed by atoms with van der Waals surface area (Å²) in [7, 11) is 1.63. The number of benzene rings is 1. The first-order valence-electron chi connectivity index (χ1n) is 6.17. The normalized spacial score (nSPS) is 10.4. The smallest absolute Gasteiger partial charge is 0.159 e. The minimum atomic E-state index is 0.416. The fraction of sp³-hybridized carbons (Fsp3) is 0.231. The number of nitrogens with zero attached hydrogens (tertiary/aromatic N) is 2. The third-order valence-corrected chi connectivity index (χ3v) is 3.40. The molecule has 21 heavy (non-hydrogen) atoms. The van der Waals surface area contributed by atoms with Gasteiger partial charge in [0.05, 0.1) is 16.7 Å². The molecule has 4 N–H and O–H groups in total. The number of nitrogens with two attached hydrogens (primary N) is 1. The zero-order valence-electron chi connectivity index (χ0n) is 11.4. The molecule has 0 amide bonds. The lowest BCUT2D eigenvalue weighted by molar-refractivity contribution is 0.210. The lowest BCUT2D eigenvalue weighted by atomic mass is 10.3. The average molecular weight is 328 g/mol. The van der Waals surface area contributed by atoms with E-state index < -0.39 is 0 Å². The van der Waals surface area contributed by atoms with Crippen molar-refractivity contribution in [2.75, 3.05) is 36.6 Å². The van der Waals surface area contributed by atoms with Crippen LogP contribution < -0.4 is 16.4 Å². The molecule has 0 spiro atoms. The Balaban J connectivity index is 2.16. The van der Waals surface area contributed by atoms with Crippen molar-refractivity contribution in [2.45, 2.75) is 0 Å². The molecule has 0 fully saturated rings. The van der Waals surface area contributed by atoms with Gasteiger partial charge < -0.3 is 21.1 Å². The van der Waals surface area contributed by atoms with Crippen molar-refractivity contribution in [1.29, 1.82) is 0 Å². The Hall–Kier alpha value is -1.76. The second kappa shape index (κ2) is 7.31. The SMILES string of the molecule is COCCNc1ncnc(Nc2ccc(Cl)c(Cl)c2)c1N. The number of hydrogen-bond acceptors (Lipinski definition) is 6. The zero-order chi connectivity index (χ0) is 15.2. The van der Waals surface area contributed by atoms with Gasteiger partial charge in [0.1, 0.15) is 12.0 Å². The third-order valence-electron chi connectivity index (χ3n) is 2.66. The number of nitrogen functional groups attached to an aromatic ring is 1. The van der Waals surface area contributed by atoms with E-state index in [0.717, 1.165) is 5.69 Å². The Morgan fingerprint density at radius 2 is 1.95 bits per heavy atom. The Bertz CT molecular complexity index is 624. The predicted octanol–water partition coefficient (Wildman–Crippen LogP) is 3.17. The van der Waals surface area contributed by atoms with Crippen LogP contribution in [-0.4, -0.2) is 30.2 Å². The molecular formula is C13H15Cl2N5O. The topological polar surface area (TPSA) is 85.1 Å². The van der Waals surface area contributed by atoms with Crippen molar-refractivity contribution in [1.82, 2.24) is 9.97 Å². The second-order valence-electron chi connectivity index (χ2n) is 4.16. The van der Waals surface area contributed by atoms with Crippen LogP contribution in [0.1, 0.15) is 0 Å². The van der Waals surface area contributed by atoms with E-state index in [4.69, 9.17) is 33.7 Å². The molecule has 0 aliphatic carbocycles. The summed E-state index contributed by atoms with van der Waals surface area (Å²) in [5.74, 6) is 1.04. The summed E-state index contributed by atoms with van der Waals surface area (Å²) in [6, 6.07) is 5.18. The number of anilines is 4. The first-order chi connectivity index (χ1) is 10.1. The molecular weight excluding hydrogens is 313 g/mol. The van der Waals surface area contributed by atoms with E-state index in [1.54, 1.807) is 25.3 Å². The molecule has 0 saturated carbocycles. The van der Waals surface area contributed by atoms with Gasteiger partial charge in [-0.1, -0.05) is 23.2 Å². The maximum atomic E-state index is 6.03. The van der Waals surface area contributed by atoms with Gasteiger partial charge in [0.25, 0.3) is 0 Å². The molecule has 0 atom stereocenters. The quantitative estimate of drug-likeness (QED) is 0.706. The van der Waals surface area contributed by atoms with Crippen molar-refractivity contribution in [3.63, 3.8) is 0 Å². The molecule has 2 aromatic rings. The van der Waals surface area contributed by atoms with E-state index >= 15 is 0 Å². The summed E-state index contributed by atoms with van der Waals surface area (Å²) in [5.41, 5.74) is 7.18. The number of methoxy groups -OCH3 is 1. The van der Waals surface area contributed by atoms with Crippen LogP contribution >= 0.6 is 23.2 Å². The number of aromatic nitrogens is 2. The van der Waals surface area contributed by atoms with Crippen LogP contribution in [-0.2, 0) is 4.74 Å². The highest BCUT2D eigenvalue weighted by atomic mass is 35.5. The average Bonchev–Trinajstić information content (AvgIpc) is 2.47. The highest BCUT2D eigenvalue weighted by Crippen LogP contribution is 2.29. The highest BCUT2D eigenvalue weighted by molar-refractivity contribution is 6.42. The van der Waals surface area contributed by atoms with E-state index in [9.17, 15) is 0 Å². The Morgan fingerprint density at radius 1 is 1.19 bits per heavy atom. The van der Waals surface area contributed by atoms with Gasteiger partial charge in [-0.3, -0.25) is 0 Å². The molecule has 0 saturated heterocycles. The molecule has 1 aromatic carbocycles. The van der Waals surface area contributed by atoms with Gasteiger partial charge in [-0.15, -0.1) is 0 Å². The Kier molecular flexibility index (Phi) is 5.44. The summed E-state index contributed by atoms with van der Waals surface area (Å²) in [6.07, 6.45) is 1.42. The lowest BCUT2D eigenvalue weighted by Gasteiger charge is -2.12. The van der Waals surface area contributed by atoms with E-state index in [1.807, 2.05) is 0 Å². The van der Waals surface area contributed by atoms with Crippen molar-refractivity contribution < 1.29 is 4.74 Å². The van der Waals surface area contributed by atoms with Gasteiger partial charge in [-0.25, -0.2) is 9.97 Å². The summed E-state index contributed by atoms with van der Waals surface area (Å²) >= 11 is 11.9. The maximum Gasteiger partial charge on any atom is 0.159 e. The van der Waals surface area contributed by atoms with Crippen LogP contribution in [0.3, 0.4) is 0 Å². The van der Waals surface area contributed by atoms with Crippen molar-refractivity contribution in [3.05, 3.63) is 34.6 Å². The van der Waals surface area contributed by atoms with Crippen molar-refractivity contribution >= 4 is 46.2 Å². The second-order valence-corrected chi connectivity index (χ2v) is 4.97. The van der Waals surface area contributed by atoms with Crippen LogP contribution in [0.5, 0.6) is 0 Å². The number of hydrogen-bond donors (Lipinski definition) is 3. The van der Waals surface area contributed by atoms with Crippen LogP contribution in [0.4, 0.5) is 23.0 Å². The fourth-order valence-electron chi connectivity index (χ4n) is 1.62. The van der Waals surface area contributed by atoms with Crippen LogP contribution in [0, 0.1) is 0 Å². The van der Waals surface area contributed by atoms with Gasteiger partial charge in [-0.2, -0.15) is 0 Å². The summed E-state index contributed by atoms with van der Waals surface area (Å²) in [4.78, 5) is 8.21. The Labute approximate surface area is 132 Å². The first kappa shape index (κ1) is 15.6. The molecule has 112 valence electrons. The van der Waals surface area contributed by atoms with Gasteiger partial charge in [0, 0.05) is 19.3 Å². The lowest BCUT2D eigenvalue weighted by Crippen LogP contribution is -2.12. The predicted molar refractivity (Wildman–Crippen MR) is 86.6 cm³/mol. The van der Waals surface area contributed by atoms with Gasteiger partial charge in [0.2, 0.25) is 0 Å².